The first-order chi connectivity index (χ1) is 11.4. The van der Waals surface area contributed by atoms with Gasteiger partial charge in [0.1, 0.15) is 0 Å². The number of hydrogen-bond donors (Lipinski definition) is 0. The summed E-state index contributed by atoms with van der Waals surface area (Å²) in [5, 5.41) is 0. The number of hydrogen-bond acceptors (Lipinski definition) is 3. The molecule has 0 saturated carbocycles. The summed E-state index contributed by atoms with van der Waals surface area (Å²) in [5.74, 6) is 1.86. The van der Waals surface area contributed by atoms with Gasteiger partial charge < -0.3 is 4.90 Å². The van der Waals surface area contributed by atoms with Crippen LogP contribution in [0, 0.1) is 0 Å². The van der Waals surface area contributed by atoms with E-state index in [9.17, 15) is 18.0 Å². The molecular weight excluding hydrogens is 337 g/mol. The molecule has 0 aromatic heterocycles. The van der Waals surface area contributed by atoms with Crippen molar-refractivity contribution in [2.24, 2.45) is 0 Å². The normalized spacial score (nSPS) is 16.9. The van der Waals surface area contributed by atoms with Crippen molar-refractivity contribution in [3.63, 3.8) is 0 Å². The van der Waals surface area contributed by atoms with E-state index in [1.54, 1.807) is 4.90 Å². The Balaban J connectivity index is 1.92. The predicted molar refractivity (Wildman–Crippen MR) is 91.3 cm³/mol. The van der Waals surface area contributed by atoms with E-state index in [0.717, 1.165) is 11.5 Å². The summed E-state index contributed by atoms with van der Waals surface area (Å²) < 4.78 is 37.5. The van der Waals surface area contributed by atoms with Gasteiger partial charge in [0.05, 0.1) is 6.54 Å². The van der Waals surface area contributed by atoms with Crippen LogP contribution >= 0.6 is 11.8 Å². The molecule has 0 N–H and O–H groups in total. The molecule has 1 heterocycles. The summed E-state index contributed by atoms with van der Waals surface area (Å²) in [6, 6.07) is 7.52. The molecule has 1 aliphatic rings. The van der Waals surface area contributed by atoms with Gasteiger partial charge in [-0.2, -0.15) is 24.9 Å². The largest absolute Gasteiger partial charge is 0.401 e. The van der Waals surface area contributed by atoms with E-state index in [2.05, 4.69) is 6.92 Å². The zero-order valence-corrected chi connectivity index (χ0v) is 14.6. The monoisotopic (exact) mass is 360 g/mol. The lowest BCUT2D eigenvalue weighted by molar-refractivity contribution is -0.145. The Hall–Kier alpha value is -1.21. The average Bonchev–Trinajstić information content (AvgIpc) is 2.76. The minimum Gasteiger partial charge on any atom is -0.337 e. The second-order valence-corrected chi connectivity index (χ2v) is 7.15. The molecule has 0 spiro atoms. The molecule has 1 amide bonds. The van der Waals surface area contributed by atoms with Crippen LogP contribution in [0.3, 0.4) is 0 Å². The topological polar surface area (TPSA) is 23.6 Å². The quantitative estimate of drug-likeness (QED) is 0.801. The highest BCUT2D eigenvalue weighted by molar-refractivity contribution is 7.98. The Morgan fingerprint density at radius 3 is 2.46 bits per heavy atom. The highest BCUT2D eigenvalue weighted by Gasteiger charge is 2.31. The second kappa shape index (κ2) is 8.76. The van der Waals surface area contributed by atoms with E-state index in [4.69, 9.17) is 0 Å². The Morgan fingerprint density at radius 2 is 1.83 bits per heavy atom. The standard InChI is InChI=1S/C17H23F3N2OS/c1-2-24-12-14-4-6-15(7-5-14)16(23)22-9-3-8-21(10-11-22)13-17(18,19)20/h4-7H,2-3,8-13H2,1H3. The Morgan fingerprint density at radius 1 is 1.12 bits per heavy atom. The number of benzene rings is 1. The first kappa shape index (κ1) is 19.1. The van der Waals surface area contributed by atoms with Gasteiger partial charge in [-0.1, -0.05) is 19.1 Å². The highest BCUT2D eigenvalue weighted by Crippen LogP contribution is 2.18. The van der Waals surface area contributed by atoms with Gasteiger partial charge in [-0.05, 0) is 29.9 Å². The van der Waals surface area contributed by atoms with Crippen molar-refractivity contribution in [2.75, 3.05) is 38.5 Å². The van der Waals surface area contributed by atoms with E-state index in [1.165, 1.54) is 10.5 Å². The molecule has 3 nitrogen and oxygen atoms in total. The maximum atomic E-state index is 12.5. The fourth-order valence-electron chi connectivity index (χ4n) is 2.73. The minimum absolute atomic E-state index is 0.0986. The summed E-state index contributed by atoms with van der Waals surface area (Å²) in [6.45, 7) is 2.67. The van der Waals surface area contributed by atoms with E-state index in [0.29, 0.717) is 31.6 Å². The summed E-state index contributed by atoms with van der Waals surface area (Å²) in [6.07, 6.45) is -3.63. The van der Waals surface area contributed by atoms with Crippen LogP contribution in [0.5, 0.6) is 0 Å². The Labute approximate surface area is 145 Å². The van der Waals surface area contributed by atoms with Crippen molar-refractivity contribution < 1.29 is 18.0 Å². The number of carbonyl (C=O) groups is 1. The fraction of sp³-hybridized carbons (Fsp3) is 0.588. The lowest BCUT2D eigenvalue weighted by Gasteiger charge is -2.23. The van der Waals surface area contributed by atoms with Gasteiger partial charge in [0.15, 0.2) is 0 Å². The number of nitrogens with zero attached hydrogens (tertiary/aromatic N) is 2. The van der Waals surface area contributed by atoms with E-state index < -0.39 is 12.7 Å². The van der Waals surface area contributed by atoms with Gasteiger partial charge in [-0.3, -0.25) is 9.69 Å². The second-order valence-electron chi connectivity index (χ2n) is 5.87. The molecule has 7 heteroatoms. The molecule has 134 valence electrons. The van der Waals surface area contributed by atoms with Gasteiger partial charge in [-0.25, -0.2) is 0 Å². The van der Waals surface area contributed by atoms with Crippen molar-refractivity contribution in [3.8, 4) is 0 Å². The molecule has 2 rings (SSSR count). The van der Waals surface area contributed by atoms with Crippen molar-refractivity contribution in [3.05, 3.63) is 35.4 Å². The molecule has 0 unspecified atom stereocenters. The molecule has 1 saturated heterocycles. The number of amides is 1. The summed E-state index contributed by atoms with van der Waals surface area (Å²) in [7, 11) is 0. The fourth-order valence-corrected chi connectivity index (χ4v) is 3.36. The molecule has 0 bridgehead atoms. The van der Waals surface area contributed by atoms with Crippen LogP contribution < -0.4 is 0 Å². The SMILES string of the molecule is CCSCc1ccc(C(=O)N2CCCN(CC(F)(F)F)CC2)cc1. The zero-order valence-electron chi connectivity index (χ0n) is 13.8. The molecule has 0 aliphatic carbocycles. The number of halogens is 3. The lowest BCUT2D eigenvalue weighted by atomic mass is 10.1. The highest BCUT2D eigenvalue weighted by atomic mass is 32.2. The maximum absolute atomic E-state index is 12.5. The van der Waals surface area contributed by atoms with Gasteiger partial charge in [0, 0.05) is 37.5 Å². The van der Waals surface area contributed by atoms with Crippen molar-refractivity contribution in [1.82, 2.24) is 9.80 Å². The summed E-state index contributed by atoms with van der Waals surface area (Å²) in [4.78, 5) is 15.6. The minimum atomic E-state index is -4.19. The summed E-state index contributed by atoms with van der Waals surface area (Å²) in [5.41, 5.74) is 1.77. The van der Waals surface area contributed by atoms with E-state index in [1.807, 2.05) is 36.0 Å². The number of rotatable bonds is 5. The molecule has 1 fully saturated rings. The Kier molecular flexibility index (Phi) is 6.98. The Bertz CT molecular complexity index is 534. The molecule has 1 aromatic rings. The first-order valence-electron chi connectivity index (χ1n) is 8.14. The average molecular weight is 360 g/mol. The van der Waals surface area contributed by atoms with Crippen molar-refractivity contribution in [2.45, 2.75) is 25.3 Å². The van der Waals surface area contributed by atoms with Crippen LogP contribution in [0.25, 0.3) is 0 Å². The van der Waals surface area contributed by atoms with Gasteiger partial charge in [0.25, 0.3) is 5.91 Å². The summed E-state index contributed by atoms with van der Waals surface area (Å²) >= 11 is 1.82. The van der Waals surface area contributed by atoms with Crippen LogP contribution in [0.1, 0.15) is 29.3 Å². The third kappa shape index (κ3) is 6.02. The van der Waals surface area contributed by atoms with Gasteiger partial charge >= 0.3 is 6.18 Å². The van der Waals surface area contributed by atoms with Crippen LogP contribution in [0.2, 0.25) is 0 Å². The molecule has 0 atom stereocenters. The van der Waals surface area contributed by atoms with Crippen LogP contribution in [0.15, 0.2) is 24.3 Å². The van der Waals surface area contributed by atoms with Crippen LogP contribution in [0.4, 0.5) is 13.2 Å². The van der Waals surface area contributed by atoms with Crippen molar-refractivity contribution >= 4 is 17.7 Å². The molecular formula is C17H23F3N2OS. The molecule has 0 radical (unpaired) electrons. The molecule has 24 heavy (non-hydrogen) atoms. The van der Waals surface area contributed by atoms with Crippen LogP contribution in [-0.4, -0.2) is 60.4 Å². The predicted octanol–water partition coefficient (Wildman–Crippen LogP) is 3.65. The van der Waals surface area contributed by atoms with E-state index >= 15 is 0 Å². The first-order valence-corrected chi connectivity index (χ1v) is 9.29. The zero-order chi connectivity index (χ0) is 17.6. The van der Waals surface area contributed by atoms with Crippen molar-refractivity contribution in [1.29, 1.82) is 0 Å². The molecule has 1 aromatic carbocycles. The number of alkyl halides is 3. The third-order valence-electron chi connectivity index (χ3n) is 3.95. The number of thioether (sulfide) groups is 1. The maximum Gasteiger partial charge on any atom is 0.401 e. The number of carbonyl (C=O) groups excluding carboxylic acids is 1. The van der Waals surface area contributed by atoms with E-state index in [-0.39, 0.29) is 12.5 Å². The smallest absolute Gasteiger partial charge is 0.337 e. The molecule has 1 aliphatic heterocycles. The lowest BCUT2D eigenvalue weighted by Crippen LogP contribution is -2.38. The van der Waals surface area contributed by atoms with Gasteiger partial charge in [-0.15, -0.1) is 0 Å². The van der Waals surface area contributed by atoms with Gasteiger partial charge in [0.2, 0.25) is 0 Å². The third-order valence-corrected chi connectivity index (χ3v) is 4.90. The van der Waals surface area contributed by atoms with Crippen LogP contribution in [-0.2, 0) is 5.75 Å².